The van der Waals surface area contributed by atoms with E-state index in [1.165, 1.54) is 11.3 Å². The lowest BCUT2D eigenvalue weighted by Crippen LogP contribution is -1.91. The van der Waals surface area contributed by atoms with Crippen molar-refractivity contribution in [2.75, 3.05) is 0 Å². The molecule has 0 bridgehead atoms. The number of Topliss-reactive ketones (excluding diaryl/α,β-unsaturated/α-hetero) is 1. The second kappa shape index (κ2) is 3.62. The molecule has 0 amide bonds. The average Bonchev–Trinajstić information content (AvgIpc) is 2.74. The van der Waals surface area contributed by atoms with E-state index >= 15 is 0 Å². The van der Waals surface area contributed by atoms with Gasteiger partial charge in [0, 0.05) is 12.7 Å². The highest BCUT2D eigenvalue weighted by atomic mass is 32.1. The van der Waals surface area contributed by atoms with Gasteiger partial charge in [-0.05, 0) is 32.0 Å². The van der Waals surface area contributed by atoms with E-state index in [1.54, 1.807) is 6.92 Å². The van der Waals surface area contributed by atoms with Crippen molar-refractivity contribution >= 4 is 17.1 Å². The topological polar surface area (TPSA) is 34.9 Å². The summed E-state index contributed by atoms with van der Waals surface area (Å²) < 4.78 is 1.84. The van der Waals surface area contributed by atoms with Crippen LogP contribution in [0.25, 0.3) is 10.6 Å². The number of aryl methyl sites for hydroxylation is 2. The van der Waals surface area contributed by atoms with Crippen LogP contribution in [0.2, 0.25) is 0 Å². The minimum atomic E-state index is 0.110. The first-order valence-corrected chi connectivity index (χ1v) is 5.51. The van der Waals surface area contributed by atoms with Gasteiger partial charge in [0.05, 0.1) is 9.75 Å². The van der Waals surface area contributed by atoms with Crippen molar-refractivity contribution in [1.82, 2.24) is 9.78 Å². The lowest BCUT2D eigenvalue weighted by Gasteiger charge is -1.89. The molecule has 0 atom stereocenters. The molecule has 15 heavy (non-hydrogen) atoms. The van der Waals surface area contributed by atoms with Gasteiger partial charge in [0.2, 0.25) is 0 Å². The fourth-order valence-corrected chi connectivity index (χ4v) is 2.20. The number of rotatable bonds is 2. The minimum absolute atomic E-state index is 0.110. The minimum Gasteiger partial charge on any atom is -0.294 e. The van der Waals surface area contributed by atoms with E-state index in [0.29, 0.717) is 0 Å². The highest BCUT2D eigenvalue weighted by Gasteiger charge is 2.09. The molecule has 2 heterocycles. The van der Waals surface area contributed by atoms with E-state index in [0.717, 1.165) is 21.1 Å². The molecule has 3 nitrogen and oxygen atoms in total. The normalized spacial score (nSPS) is 10.6. The molecule has 78 valence electrons. The van der Waals surface area contributed by atoms with Crippen LogP contribution in [0.15, 0.2) is 18.2 Å². The largest absolute Gasteiger partial charge is 0.294 e. The Balaban J connectivity index is 2.41. The Morgan fingerprint density at radius 1 is 1.47 bits per heavy atom. The van der Waals surface area contributed by atoms with Crippen molar-refractivity contribution in [2.45, 2.75) is 13.8 Å². The Morgan fingerprint density at radius 2 is 2.20 bits per heavy atom. The molecular formula is C11H12N2OS. The molecule has 0 N–H and O–H groups in total. The summed E-state index contributed by atoms with van der Waals surface area (Å²) in [6, 6.07) is 5.82. The SMILES string of the molecule is CC(=O)c1ccc(-c2cc(C)n(C)n2)s1. The van der Waals surface area contributed by atoms with Gasteiger partial charge < -0.3 is 0 Å². The van der Waals surface area contributed by atoms with Crippen LogP contribution < -0.4 is 0 Å². The molecule has 2 aromatic heterocycles. The third-order valence-corrected chi connectivity index (χ3v) is 3.53. The summed E-state index contributed by atoms with van der Waals surface area (Å²) in [4.78, 5) is 13.0. The van der Waals surface area contributed by atoms with E-state index in [2.05, 4.69) is 5.10 Å². The van der Waals surface area contributed by atoms with Crippen molar-refractivity contribution in [3.05, 3.63) is 28.8 Å². The molecule has 0 saturated carbocycles. The Hall–Kier alpha value is -1.42. The highest BCUT2D eigenvalue weighted by molar-refractivity contribution is 7.17. The van der Waals surface area contributed by atoms with Crippen molar-refractivity contribution < 1.29 is 4.79 Å². The summed E-state index contributed by atoms with van der Waals surface area (Å²) in [6.07, 6.45) is 0. The van der Waals surface area contributed by atoms with E-state index in [-0.39, 0.29) is 5.78 Å². The van der Waals surface area contributed by atoms with Crippen LogP contribution in [0, 0.1) is 6.92 Å². The molecule has 0 aliphatic rings. The van der Waals surface area contributed by atoms with Crippen molar-refractivity contribution in [3.8, 4) is 10.6 Å². The van der Waals surface area contributed by atoms with E-state index in [4.69, 9.17) is 0 Å². The van der Waals surface area contributed by atoms with Crippen LogP contribution in [-0.2, 0) is 7.05 Å². The second-order valence-corrected chi connectivity index (χ2v) is 4.60. The summed E-state index contributed by atoms with van der Waals surface area (Å²) in [7, 11) is 1.92. The van der Waals surface area contributed by atoms with Crippen molar-refractivity contribution in [2.24, 2.45) is 7.05 Å². The molecule has 4 heteroatoms. The van der Waals surface area contributed by atoms with Gasteiger partial charge in [-0.3, -0.25) is 9.48 Å². The number of hydrogen-bond acceptors (Lipinski definition) is 3. The van der Waals surface area contributed by atoms with E-state index in [9.17, 15) is 4.79 Å². The zero-order valence-electron chi connectivity index (χ0n) is 8.94. The van der Waals surface area contributed by atoms with Crippen LogP contribution in [0.5, 0.6) is 0 Å². The van der Waals surface area contributed by atoms with Gasteiger partial charge in [-0.15, -0.1) is 11.3 Å². The molecule has 0 radical (unpaired) electrons. The lowest BCUT2D eigenvalue weighted by atomic mass is 10.3. The fourth-order valence-electron chi connectivity index (χ4n) is 1.35. The summed E-state index contributed by atoms with van der Waals surface area (Å²) in [6.45, 7) is 3.59. The number of thiophene rings is 1. The third-order valence-electron chi connectivity index (χ3n) is 2.32. The molecule has 2 aromatic rings. The lowest BCUT2D eigenvalue weighted by molar-refractivity contribution is 0.102. The molecule has 0 spiro atoms. The zero-order chi connectivity index (χ0) is 11.0. The highest BCUT2D eigenvalue weighted by Crippen LogP contribution is 2.27. The molecular weight excluding hydrogens is 208 g/mol. The van der Waals surface area contributed by atoms with E-state index < -0.39 is 0 Å². The van der Waals surface area contributed by atoms with Crippen LogP contribution in [0.1, 0.15) is 22.3 Å². The predicted molar refractivity (Wildman–Crippen MR) is 61.3 cm³/mol. The van der Waals surface area contributed by atoms with Gasteiger partial charge in [-0.25, -0.2) is 0 Å². The standard InChI is InChI=1S/C11H12N2OS/c1-7-6-9(12-13(7)3)11-5-4-10(15-11)8(2)14/h4-6H,1-3H3. The maximum atomic E-state index is 11.1. The first-order valence-electron chi connectivity index (χ1n) is 4.69. The molecule has 0 aliphatic carbocycles. The van der Waals surface area contributed by atoms with Gasteiger partial charge in [-0.2, -0.15) is 5.10 Å². The number of hydrogen-bond donors (Lipinski definition) is 0. The maximum Gasteiger partial charge on any atom is 0.169 e. The predicted octanol–water partition coefficient (Wildman–Crippen LogP) is 2.66. The quantitative estimate of drug-likeness (QED) is 0.729. The Labute approximate surface area is 92.4 Å². The molecule has 0 saturated heterocycles. The maximum absolute atomic E-state index is 11.1. The second-order valence-electron chi connectivity index (χ2n) is 3.51. The number of nitrogens with zero attached hydrogens (tertiary/aromatic N) is 2. The van der Waals surface area contributed by atoms with Gasteiger partial charge in [0.1, 0.15) is 5.69 Å². The smallest absolute Gasteiger partial charge is 0.169 e. The Bertz CT molecular complexity index is 491. The van der Waals surface area contributed by atoms with Crippen LogP contribution in [-0.4, -0.2) is 15.6 Å². The van der Waals surface area contributed by atoms with Crippen LogP contribution in [0.3, 0.4) is 0 Å². The number of aromatic nitrogens is 2. The summed E-state index contributed by atoms with van der Waals surface area (Å²) in [5.41, 5.74) is 2.05. The number of carbonyl (C=O) groups excluding carboxylic acids is 1. The van der Waals surface area contributed by atoms with Gasteiger partial charge in [-0.1, -0.05) is 0 Å². The average molecular weight is 220 g/mol. The molecule has 0 aliphatic heterocycles. The number of carbonyl (C=O) groups is 1. The van der Waals surface area contributed by atoms with Crippen LogP contribution in [0.4, 0.5) is 0 Å². The molecule has 0 fully saturated rings. The summed E-state index contributed by atoms with van der Waals surface area (Å²) >= 11 is 1.49. The first-order chi connectivity index (χ1) is 7.08. The first kappa shape index (κ1) is 10.1. The summed E-state index contributed by atoms with van der Waals surface area (Å²) in [5.74, 6) is 0.110. The monoisotopic (exact) mass is 220 g/mol. The third kappa shape index (κ3) is 1.85. The van der Waals surface area contributed by atoms with Gasteiger partial charge in [0.15, 0.2) is 5.78 Å². The Kier molecular flexibility index (Phi) is 2.44. The summed E-state index contributed by atoms with van der Waals surface area (Å²) in [5, 5.41) is 4.37. The van der Waals surface area contributed by atoms with Crippen molar-refractivity contribution in [3.63, 3.8) is 0 Å². The molecule has 2 rings (SSSR count). The fraction of sp³-hybridized carbons (Fsp3) is 0.273. The van der Waals surface area contributed by atoms with E-state index in [1.807, 2.05) is 36.9 Å². The molecule has 0 unspecified atom stereocenters. The Morgan fingerprint density at radius 3 is 2.67 bits per heavy atom. The van der Waals surface area contributed by atoms with Gasteiger partial charge >= 0.3 is 0 Å². The zero-order valence-corrected chi connectivity index (χ0v) is 9.76. The van der Waals surface area contributed by atoms with Crippen molar-refractivity contribution in [1.29, 1.82) is 0 Å². The number of ketones is 1. The van der Waals surface area contributed by atoms with Gasteiger partial charge in [0.25, 0.3) is 0 Å². The van der Waals surface area contributed by atoms with Crippen LogP contribution >= 0.6 is 11.3 Å². The molecule has 0 aromatic carbocycles.